The van der Waals surface area contributed by atoms with Gasteiger partial charge in [0.05, 0.1) is 24.8 Å². The third-order valence-corrected chi connectivity index (χ3v) is 6.21. The number of primary amides is 1. The minimum absolute atomic E-state index is 0.0580. The van der Waals surface area contributed by atoms with Crippen LogP contribution in [0.25, 0.3) is 0 Å². The summed E-state index contributed by atoms with van der Waals surface area (Å²) in [5.74, 6) is -3.35. The number of halogens is 3. The number of urea groups is 1. The van der Waals surface area contributed by atoms with Gasteiger partial charge in [0.15, 0.2) is 17.7 Å². The molecule has 0 unspecified atom stereocenters. The van der Waals surface area contributed by atoms with Gasteiger partial charge in [0, 0.05) is 43.7 Å². The number of carbonyl (C=O) groups is 3. The molecule has 1 fully saturated rings. The SMILES string of the molecule is NC(=O)CC[C@@H]1Oc2cc(F)c(OC3CN(C(=O)N4N=CC[C@H]4c4cc(F)cc(F)c4)C3)cc2NC1=O. The Kier molecular flexibility index (Phi) is 6.36. The molecule has 0 aliphatic carbocycles. The van der Waals surface area contributed by atoms with Gasteiger partial charge in [-0.3, -0.25) is 9.59 Å². The van der Waals surface area contributed by atoms with Crippen LogP contribution in [0.1, 0.15) is 30.9 Å². The Morgan fingerprint density at radius 2 is 1.86 bits per heavy atom. The van der Waals surface area contributed by atoms with E-state index in [4.69, 9.17) is 15.2 Å². The zero-order valence-electron chi connectivity index (χ0n) is 19.3. The van der Waals surface area contributed by atoms with E-state index in [1.165, 1.54) is 17.2 Å². The molecule has 2 aromatic rings. The molecule has 1 saturated heterocycles. The van der Waals surface area contributed by atoms with Gasteiger partial charge < -0.3 is 25.4 Å². The zero-order valence-corrected chi connectivity index (χ0v) is 19.3. The van der Waals surface area contributed by atoms with Crippen molar-refractivity contribution in [3.05, 3.63) is 53.3 Å². The van der Waals surface area contributed by atoms with E-state index < -0.39 is 53.5 Å². The molecule has 3 heterocycles. The molecule has 37 heavy (non-hydrogen) atoms. The highest BCUT2D eigenvalue weighted by Crippen LogP contribution is 2.37. The molecule has 10 nitrogen and oxygen atoms in total. The first-order chi connectivity index (χ1) is 17.7. The summed E-state index contributed by atoms with van der Waals surface area (Å²) in [4.78, 5) is 37.6. The number of hydrazone groups is 1. The highest BCUT2D eigenvalue weighted by Gasteiger charge is 2.39. The maximum absolute atomic E-state index is 14.7. The number of likely N-dealkylation sites (tertiary alicyclic amines) is 1. The topological polar surface area (TPSA) is 127 Å². The van der Waals surface area contributed by atoms with E-state index in [2.05, 4.69) is 10.4 Å². The summed E-state index contributed by atoms with van der Waals surface area (Å²) in [5, 5.41) is 7.81. The monoisotopic (exact) mass is 517 g/mol. The zero-order chi connectivity index (χ0) is 26.3. The van der Waals surface area contributed by atoms with E-state index in [-0.39, 0.29) is 48.7 Å². The lowest BCUT2D eigenvalue weighted by Crippen LogP contribution is -2.58. The molecular formula is C24H22F3N5O5. The smallest absolute Gasteiger partial charge is 0.341 e. The molecule has 5 rings (SSSR count). The second kappa shape index (κ2) is 9.64. The van der Waals surface area contributed by atoms with Crippen molar-refractivity contribution in [3.8, 4) is 11.5 Å². The lowest BCUT2D eigenvalue weighted by molar-refractivity contribution is -0.124. The average Bonchev–Trinajstić information content (AvgIpc) is 3.29. The molecule has 0 radical (unpaired) electrons. The number of nitrogens with two attached hydrogens (primary N) is 1. The highest BCUT2D eigenvalue weighted by atomic mass is 19.1. The van der Waals surface area contributed by atoms with Crippen molar-refractivity contribution in [1.29, 1.82) is 0 Å². The number of ether oxygens (including phenoxy) is 2. The van der Waals surface area contributed by atoms with Crippen LogP contribution in [-0.4, -0.2) is 59.3 Å². The van der Waals surface area contributed by atoms with Gasteiger partial charge in [-0.2, -0.15) is 5.10 Å². The Morgan fingerprint density at radius 1 is 1.14 bits per heavy atom. The van der Waals surface area contributed by atoms with Gasteiger partial charge in [0.1, 0.15) is 23.5 Å². The maximum atomic E-state index is 14.7. The number of nitrogens with one attached hydrogen (secondary N) is 1. The largest absolute Gasteiger partial charge is 0.484 e. The van der Waals surface area contributed by atoms with Gasteiger partial charge in [-0.25, -0.2) is 23.0 Å². The fourth-order valence-corrected chi connectivity index (χ4v) is 4.34. The number of nitrogens with zero attached hydrogens (tertiary/aromatic N) is 3. The normalized spacial score (nSPS) is 20.7. The Balaban J connectivity index is 1.20. The number of hydrogen-bond donors (Lipinski definition) is 2. The molecule has 0 spiro atoms. The van der Waals surface area contributed by atoms with Crippen molar-refractivity contribution in [2.75, 3.05) is 18.4 Å². The van der Waals surface area contributed by atoms with Crippen molar-refractivity contribution in [1.82, 2.24) is 9.91 Å². The molecule has 3 aliphatic rings. The molecule has 0 bridgehead atoms. The lowest BCUT2D eigenvalue weighted by Gasteiger charge is -2.41. The van der Waals surface area contributed by atoms with Crippen molar-refractivity contribution >= 4 is 29.7 Å². The second-order valence-corrected chi connectivity index (χ2v) is 8.90. The maximum Gasteiger partial charge on any atom is 0.341 e. The van der Waals surface area contributed by atoms with E-state index in [0.29, 0.717) is 6.42 Å². The predicted molar refractivity (Wildman–Crippen MR) is 123 cm³/mol. The molecule has 194 valence electrons. The van der Waals surface area contributed by atoms with Crippen LogP contribution in [-0.2, 0) is 9.59 Å². The second-order valence-electron chi connectivity index (χ2n) is 8.90. The lowest BCUT2D eigenvalue weighted by atomic mass is 10.0. The third kappa shape index (κ3) is 5.01. The van der Waals surface area contributed by atoms with Crippen molar-refractivity contribution in [2.45, 2.75) is 37.5 Å². The summed E-state index contributed by atoms with van der Waals surface area (Å²) in [6, 6.07) is 4.31. The Labute approximate surface area is 208 Å². The Bertz CT molecular complexity index is 1280. The van der Waals surface area contributed by atoms with Gasteiger partial charge >= 0.3 is 6.03 Å². The summed E-state index contributed by atoms with van der Waals surface area (Å²) < 4.78 is 53.2. The summed E-state index contributed by atoms with van der Waals surface area (Å²) in [7, 11) is 0. The fourth-order valence-electron chi connectivity index (χ4n) is 4.34. The van der Waals surface area contributed by atoms with Gasteiger partial charge in [-0.1, -0.05) is 0 Å². The molecule has 2 atom stereocenters. The standard InChI is InChI=1S/C24H22F3N5O5/c25-13-5-12(6-14(26)7-13)18-3-4-29-32(18)24(35)31-10-15(11-31)36-20-9-17-21(8-16(20)27)37-19(23(34)30-17)1-2-22(28)33/h4-9,15,18-19H,1-3,10-11H2,(H2,28,33)(H,30,34)/t18-,19-/m0/s1. The number of anilines is 1. The van der Waals surface area contributed by atoms with Crippen molar-refractivity contribution in [3.63, 3.8) is 0 Å². The number of carbonyl (C=O) groups excluding carboxylic acids is 3. The van der Waals surface area contributed by atoms with E-state index in [1.54, 1.807) is 0 Å². The number of benzene rings is 2. The number of fused-ring (bicyclic) bond motifs is 1. The minimum Gasteiger partial charge on any atom is -0.484 e. The highest BCUT2D eigenvalue weighted by molar-refractivity contribution is 5.98. The first-order valence-corrected chi connectivity index (χ1v) is 11.5. The van der Waals surface area contributed by atoms with Crippen LogP contribution in [0.4, 0.5) is 23.7 Å². The summed E-state index contributed by atoms with van der Waals surface area (Å²) in [5.41, 5.74) is 5.60. The molecule has 13 heteroatoms. The van der Waals surface area contributed by atoms with Gasteiger partial charge in [-0.15, -0.1) is 0 Å². The first kappa shape index (κ1) is 24.4. The summed E-state index contributed by atoms with van der Waals surface area (Å²) >= 11 is 0. The molecule has 4 amide bonds. The van der Waals surface area contributed by atoms with Crippen LogP contribution in [0.5, 0.6) is 11.5 Å². The number of amides is 4. The van der Waals surface area contributed by atoms with Crippen LogP contribution in [0.15, 0.2) is 35.4 Å². The summed E-state index contributed by atoms with van der Waals surface area (Å²) in [6.45, 7) is 0.257. The van der Waals surface area contributed by atoms with Crippen LogP contribution >= 0.6 is 0 Å². The molecule has 3 aliphatic heterocycles. The fraction of sp³-hybridized carbons (Fsp3) is 0.333. The van der Waals surface area contributed by atoms with E-state index in [0.717, 1.165) is 29.3 Å². The first-order valence-electron chi connectivity index (χ1n) is 11.5. The van der Waals surface area contributed by atoms with E-state index in [1.807, 2.05) is 0 Å². The van der Waals surface area contributed by atoms with Gasteiger partial charge in [0.2, 0.25) is 5.91 Å². The predicted octanol–water partition coefficient (Wildman–Crippen LogP) is 2.68. The van der Waals surface area contributed by atoms with Crippen molar-refractivity contribution < 1.29 is 37.0 Å². The average molecular weight is 517 g/mol. The summed E-state index contributed by atoms with van der Waals surface area (Å²) in [6.07, 6.45) is 0.296. The third-order valence-electron chi connectivity index (χ3n) is 6.21. The molecule has 0 aromatic heterocycles. The van der Waals surface area contributed by atoms with E-state index in [9.17, 15) is 27.6 Å². The minimum atomic E-state index is -0.974. The molecule has 0 saturated carbocycles. The molecule has 2 aromatic carbocycles. The number of hydrogen-bond acceptors (Lipinski definition) is 6. The van der Waals surface area contributed by atoms with Crippen LogP contribution in [0.3, 0.4) is 0 Å². The van der Waals surface area contributed by atoms with Crippen LogP contribution < -0.4 is 20.5 Å². The Hall–Kier alpha value is -4.29. The molecule has 3 N–H and O–H groups in total. The van der Waals surface area contributed by atoms with Crippen LogP contribution in [0.2, 0.25) is 0 Å². The Morgan fingerprint density at radius 3 is 2.57 bits per heavy atom. The van der Waals surface area contributed by atoms with E-state index >= 15 is 0 Å². The van der Waals surface area contributed by atoms with Gasteiger partial charge in [-0.05, 0) is 17.7 Å². The van der Waals surface area contributed by atoms with Crippen molar-refractivity contribution in [2.24, 2.45) is 10.8 Å². The molecular weight excluding hydrogens is 495 g/mol. The number of rotatable bonds is 6. The van der Waals surface area contributed by atoms with Gasteiger partial charge in [0.25, 0.3) is 5.91 Å². The van der Waals surface area contributed by atoms with Crippen LogP contribution in [0, 0.1) is 17.5 Å². The quantitative estimate of drug-likeness (QED) is 0.609.